The van der Waals surface area contributed by atoms with Crippen molar-refractivity contribution >= 4 is 62.0 Å². The lowest BCUT2D eigenvalue weighted by atomic mass is 9.99. The van der Waals surface area contributed by atoms with Crippen molar-refractivity contribution in [1.82, 2.24) is 20.5 Å². The van der Waals surface area contributed by atoms with Gasteiger partial charge in [0.25, 0.3) is 11.8 Å². The lowest BCUT2D eigenvalue weighted by Crippen LogP contribution is -2.49. The largest absolute Gasteiger partial charge is 0.336 e. The fraction of sp³-hybridized carbons (Fsp3) is 0.286. The maximum absolute atomic E-state index is 12.8. The molecule has 4 amide bonds. The van der Waals surface area contributed by atoms with Gasteiger partial charge in [0.15, 0.2) is 0 Å². The second-order valence-electron chi connectivity index (χ2n) is 5.62. The van der Waals surface area contributed by atoms with E-state index in [1.165, 1.54) is 11.3 Å². The molecule has 2 saturated heterocycles. The average molecular weight is 442 g/mol. The first-order chi connectivity index (χ1) is 11.0. The van der Waals surface area contributed by atoms with Crippen LogP contribution in [0.3, 0.4) is 0 Å². The number of thiazole rings is 1. The van der Waals surface area contributed by atoms with Crippen molar-refractivity contribution in [3.8, 4) is 0 Å². The zero-order valence-corrected chi connectivity index (χ0v) is 14.7. The number of aromatic nitrogens is 1. The molecule has 1 aromatic carbocycles. The zero-order chi connectivity index (χ0) is 16.2. The highest BCUT2D eigenvalue weighted by Gasteiger charge is 2.51. The first kappa shape index (κ1) is 14.8. The predicted molar refractivity (Wildman–Crippen MR) is 92.3 cm³/mol. The quantitative estimate of drug-likeness (QED) is 0.515. The van der Waals surface area contributed by atoms with E-state index in [0.717, 1.165) is 13.8 Å². The molecule has 2 fully saturated rings. The number of carbonyl (C=O) groups is 3. The number of hydrogen-bond acceptors (Lipinski definition) is 5. The van der Waals surface area contributed by atoms with E-state index in [4.69, 9.17) is 0 Å². The number of imide groups is 1. The molecule has 2 aliphatic rings. The molecule has 2 aliphatic heterocycles. The molecule has 0 radical (unpaired) electrons. The monoisotopic (exact) mass is 442 g/mol. The highest BCUT2D eigenvalue weighted by Crippen LogP contribution is 2.29. The first-order valence-electron chi connectivity index (χ1n) is 6.94. The van der Waals surface area contributed by atoms with Gasteiger partial charge in [-0.2, -0.15) is 0 Å². The summed E-state index contributed by atoms with van der Waals surface area (Å²) in [4.78, 5) is 42.0. The molecule has 0 aliphatic carbocycles. The van der Waals surface area contributed by atoms with Crippen LogP contribution in [0.2, 0.25) is 0 Å². The van der Waals surface area contributed by atoms with Gasteiger partial charge in [0.05, 0.1) is 27.8 Å². The number of nitrogens with zero attached hydrogens (tertiary/aromatic N) is 2. The van der Waals surface area contributed by atoms with Gasteiger partial charge in [-0.1, -0.05) is 0 Å². The lowest BCUT2D eigenvalue weighted by molar-refractivity contribution is -0.123. The molecule has 23 heavy (non-hydrogen) atoms. The maximum Gasteiger partial charge on any atom is 0.322 e. The number of likely N-dealkylation sites (tertiary alicyclic amines) is 1. The molecule has 3 heterocycles. The minimum absolute atomic E-state index is 0.143. The Bertz CT molecular complexity index is 867. The van der Waals surface area contributed by atoms with Crippen molar-refractivity contribution < 1.29 is 14.4 Å². The standard InChI is InChI=1S/C14H11IN4O3S/c15-8-4-10-9(16-6-23-10)3-7(8)11(20)19-2-1-14(5-19)12(21)17-13(22)18-14/h3-4,6H,1-2,5H2,(H2,17,18,21,22). The van der Waals surface area contributed by atoms with Crippen molar-refractivity contribution in [2.75, 3.05) is 13.1 Å². The summed E-state index contributed by atoms with van der Waals surface area (Å²) in [6, 6.07) is 3.23. The number of rotatable bonds is 1. The summed E-state index contributed by atoms with van der Waals surface area (Å²) in [5.41, 5.74) is 2.13. The summed E-state index contributed by atoms with van der Waals surface area (Å²) >= 11 is 3.67. The number of amides is 4. The van der Waals surface area contributed by atoms with Crippen molar-refractivity contribution in [3.05, 3.63) is 26.8 Å². The van der Waals surface area contributed by atoms with Gasteiger partial charge in [-0.15, -0.1) is 11.3 Å². The third-order valence-electron chi connectivity index (χ3n) is 4.22. The number of hydrogen-bond donors (Lipinski definition) is 2. The van der Waals surface area contributed by atoms with E-state index in [-0.39, 0.29) is 18.4 Å². The van der Waals surface area contributed by atoms with Crippen LogP contribution in [0.4, 0.5) is 4.79 Å². The topological polar surface area (TPSA) is 91.4 Å². The van der Waals surface area contributed by atoms with Gasteiger partial charge in [-0.25, -0.2) is 9.78 Å². The van der Waals surface area contributed by atoms with Crippen LogP contribution in [0, 0.1) is 3.57 Å². The van der Waals surface area contributed by atoms with E-state index in [9.17, 15) is 14.4 Å². The van der Waals surface area contributed by atoms with Crippen LogP contribution in [-0.4, -0.2) is 46.4 Å². The van der Waals surface area contributed by atoms with Gasteiger partial charge in [-0.05, 0) is 41.1 Å². The number of fused-ring (bicyclic) bond motifs is 1. The van der Waals surface area contributed by atoms with E-state index in [1.54, 1.807) is 16.5 Å². The van der Waals surface area contributed by atoms with Crippen molar-refractivity contribution in [3.63, 3.8) is 0 Å². The molecule has 1 atom stereocenters. The molecule has 0 bridgehead atoms. The molecule has 2 aromatic rings. The molecule has 4 rings (SSSR count). The fourth-order valence-electron chi connectivity index (χ4n) is 3.01. The Kier molecular flexibility index (Phi) is 3.30. The van der Waals surface area contributed by atoms with Crippen LogP contribution in [0.25, 0.3) is 10.2 Å². The summed E-state index contributed by atoms with van der Waals surface area (Å²) in [5, 5.41) is 4.89. The number of carbonyl (C=O) groups excluding carboxylic acids is 3. The third-order valence-corrected chi connectivity index (χ3v) is 5.91. The van der Waals surface area contributed by atoms with E-state index in [0.29, 0.717) is 18.5 Å². The average Bonchev–Trinajstić information content (AvgIpc) is 3.18. The van der Waals surface area contributed by atoms with Crippen LogP contribution in [0.1, 0.15) is 16.8 Å². The van der Waals surface area contributed by atoms with E-state index >= 15 is 0 Å². The van der Waals surface area contributed by atoms with Crippen molar-refractivity contribution in [1.29, 1.82) is 0 Å². The Morgan fingerprint density at radius 1 is 1.39 bits per heavy atom. The maximum atomic E-state index is 12.8. The van der Waals surface area contributed by atoms with Gasteiger partial charge in [0.1, 0.15) is 5.54 Å². The van der Waals surface area contributed by atoms with E-state index in [2.05, 4.69) is 38.2 Å². The molecule has 1 aromatic heterocycles. The molecular weight excluding hydrogens is 431 g/mol. The number of halogens is 1. The molecule has 1 spiro atoms. The predicted octanol–water partition coefficient (Wildman–Crippen LogP) is 1.32. The Hall–Kier alpha value is -1.75. The molecule has 1 unspecified atom stereocenters. The molecule has 7 nitrogen and oxygen atoms in total. The molecule has 9 heteroatoms. The number of benzene rings is 1. The van der Waals surface area contributed by atoms with Crippen molar-refractivity contribution in [2.24, 2.45) is 0 Å². The number of nitrogens with one attached hydrogen (secondary N) is 2. The summed E-state index contributed by atoms with van der Waals surface area (Å²) < 4.78 is 1.89. The highest BCUT2D eigenvalue weighted by atomic mass is 127. The van der Waals surface area contributed by atoms with Crippen LogP contribution in [-0.2, 0) is 4.79 Å². The van der Waals surface area contributed by atoms with Gasteiger partial charge in [0.2, 0.25) is 0 Å². The second kappa shape index (κ2) is 5.13. The van der Waals surface area contributed by atoms with Crippen LogP contribution in [0.5, 0.6) is 0 Å². The minimum Gasteiger partial charge on any atom is -0.336 e. The molecule has 2 N–H and O–H groups in total. The normalized spacial score (nSPS) is 23.6. The summed E-state index contributed by atoms with van der Waals surface area (Å²) in [6.45, 7) is 0.617. The molecule has 0 saturated carbocycles. The fourth-order valence-corrected chi connectivity index (χ4v) is 4.62. The molecule has 118 valence electrons. The van der Waals surface area contributed by atoms with Crippen LogP contribution < -0.4 is 10.6 Å². The number of urea groups is 1. The van der Waals surface area contributed by atoms with Crippen LogP contribution >= 0.6 is 33.9 Å². The minimum atomic E-state index is -0.983. The van der Waals surface area contributed by atoms with Gasteiger partial charge >= 0.3 is 6.03 Å². The Labute approximate surface area is 148 Å². The Balaban J connectivity index is 1.63. The van der Waals surface area contributed by atoms with Crippen LogP contribution in [0.15, 0.2) is 17.6 Å². The lowest BCUT2D eigenvalue weighted by Gasteiger charge is -2.21. The Morgan fingerprint density at radius 3 is 2.96 bits per heavy atom. The van der Waals surface area contributed by atoms with Gasteiger partial charge in [0, 0.05) is 10.1 Å². The van der Waals surface area contributed by atoms with Gasteiger partial charge in [-0.3, -0.25) is 14.9 Å². The van der Waals surface area contributed by atoms with Gasteiger partial charge < -0.3 is 10.2 Å². The summed E-state index contributed by atoms with van der Waals surface area (Å²) in [6.07, 6.45) is 0.422. The molecular formula is C14H11IN4O3S. The summed E-state index contributed by atoms with van der Waals surface area (Å²) in [5.74, 6) is -0.502. The SMILES string of the molecule is O=C1NC(=O)C2(CCN(C(=O)c3cc4ncsc4cc3I)C2)N1. The second-order valence-corrected chi connectivity index (χ2v) is 7.67. The van der Waals surface area contributed by atoms with E-state index < -0.39 is 11.6 Å². The summed E-state index contributed by atoms with van der Waals surface area (Å²) in [7, 11) is 0. The highest BCUT2D eigenvalue weighted by molar-refractivity contribution is 14.1. The van der Waals surface area contributed by atoms with E-state index in [1.807, 2.05) is 6.07 Å². The van der Waals surface area contributed by atoms with Crippen molar-refractivity contribution in [2.45, 2.75) is 12.0 Å². The third kappa shape index (κ3) is 2.29. The first-order valence-corrected chi connectivity index (χ1v) is 8.90. The zero-order valence-electron chi connectivity index (χ0n) is 11.8. The smallest absolute Gasteiger partial charge is 0.322 e. The Morgan fingerprint density at radius 2 is 2.22 bits per heavy atom.